The van der Waals surface area contributed by atoms with Crippen LogP contribution in [-0.2, 0) is 0 Å². The Labute approximate surface area is 638 Å². The lowest BCUT2D eigenvalue weighted by molar-refractivity contribution is 1.07. The second-order valence-corrected chi connectivity index (χ2v) is 27.6. The van der Waals surface area contributed by atoms with Crippen molar-refractivity contribution < 1.29 is 0 Å². The quantitative estimate of drug-likeness (QED) is 0.104. The van der Waals surface area contributed by atoms with Gasteiger partial charge >= 0.3 is 0 Å². The minimum absolute atomic E-state index is 0.501. The topological polar surface area (TPSA) is 131 Å². The Bertz CT molecular complexity index is 6540. The molecule has 12 heteroatoms. The average Bonchev–Trinajstić information content (AvgIpc) is 1.58. The summed E-state index contributed by atoms with van der Waals surface area (Å²) in [4.78, 5) is 48.2. The first-order valence-corrected chi connectivity index (χ1v) is 37.1. The van der Waals surface area contributed by atoms with E-state index in [1.54, 1.807) is 0 Å². The van der Waals surface area contributed by atoms with Crippen LogP contribution in [0, 0.1) is 0 Å². The van der Waals surface area contributed by atoms with Gasteiger partial charge in [0.25, 0.3) is 0 Å². The van der Waals surface area contributed by atoms with Crippen LogP contribution in [0.4, 0.5) is 0 Å². The minimum atomic E-state index is 0.501. The molecule has 111 heavy (non-hydrogen) atoms. The van der Waals surface area contributed by atoms with Crippen LogP contribution in [0.1, 0.15) is 0 Å². The number of fused-ring (bicyclic) bond motifs is 9. The van der Waals surface area contributed by atoms with Crippen molar-refractivity contribution in [2.45, 2.75) is 0 Å². The lowest BCUT2D eigenvalue weighted by Crippen LogP contribution is -2.07. The molecule has 12 nitrogen and oxygen atoms in total. The molecule has 6 heterocycles. The molecule has 0 saturated carbocycles. The van der Waals surface area contributed by atoms with Crippen molar-refractivity contribution in [2.75, 3.05) is 0 Å². The highest BCUT2D eigenvalue weighted by atomic mass is 15.1. The molecule has 0 fully saturated rings. The maximum Gasteiger partial charge on any atom is 0.164 e. The predicted molar refractivity (Wildman–Crippen MR) is 449 cm³/mol. The van der Waals surface area contributed by atoms with Crippen LogP contribution in [-0.4, -0.2) is 58.6 Å². The molecule has 0 N–H and O–H groups in total. The molecule has 0 spiro atoms. The van der Waals surface area contributed by atoms with Crippen LogP contribution in [0.5, 0.6) is 0 Å². The van der Waals surface area contributed by atoms with Gasteiger partial charge < -0.3 is 13.7 Å². The number of para-hydroxylation sites is 6. The van der Waals surface area contributed by atoms with Gasteiger partial charge in [0.2, 0.25) is 0 Å². The highest BCUT2D eigenvalue weighted by Gasteiger charge is 2.29. The Morgan fingerprint density at radius 2 is 0.369 bits per heavy atom. The van der Waals surface area contributed by atoms with Crippen LogP contribution >= 0.6 is 0 Å². The van der Waals surface area contributed by atoms with Crippen molar-refractivity contribution in [3.63, 3.8) is 0 Å². The summed E-state index contributed by atoms with van der Waals surface area (Å²) in [5, 5.41) is 6.44. The number of aromatic nitrogens is 12. The molecule has 0 bridgehead atoms. The van der Waals surface area contributed by atoms with Crippen molar-refractivity contribution >= 4 is 65.4 Å². The van der Waals surface area contributed by atoms with E-state index in [0.29, 0.717) is 52.4 Å². The van der Waals surface area contributed by atoms with Gasteiger partial charge in [-0.05, 0) is 84.9 Å². The molecule has 15 aromatic carbocycles. The van der Waals surface area contributed by atoms with E-state index in [4.69, 9.17) is 44.9 Å². The van der Waals surface area contributed by atoms with Crippen LogP contribution in [0.15, 0.2) is 376 Å². The fourth-order valence-electron chi connectivity index (χ4n) is 15.9. The molecule has 0 unspecified atom stereocenters. The first-order valence-electron chi connectivity index (χ1n) is 37.1. The maximum atomic E-state index is 5.58. The first kappa shape index (κ1) is 64.1. The van der Waals surface area contributed by atoms with E-state index in [2.05, 4.69) is 232 Å². The largest absolute Gasteiger partial charge is 0.309 e. The van der Waals surface area contributed by atoms with E-state index < -0.39 is 0 Å². The lowest BCUT2D eigenvalue weighted by atomic mass is 9.90. The zero-order valence-electron chi connectivity index (χ0n) is 59.7. The molecule has 0 radical (unpaired) electrons. The van der Waals surface area contributed by atoms with E-state index in [1.165, 1.54) is 0 Å². The van der Waals surface area contributed by atoms with Crippen molar-refractivity contribution in [1.29, 1.82) is 0 Å². The summed E-state index contributed by atoms with van der Waals surface area (Å²) in [7, 11) is 0. The molecule has 6 aromatic heterocycles. The molecule has 0 saturated heterocycles. The van der Waals surface area contributed by atoms with E-state index in [9.17, 15) is 0 Å². The Hall–Kier alpha value is -15.3. The fraction of sp³-hybridized carbons (Fsp3) is 0. The van der Waals surface area contributed by atoms with Crippen LogP contribution in [0.3, 0.4) is 0 Å². The third kappa shape index (κ3) is 11.3. The van der Waals surface area contributed by atoms with Crippen molar-refractivity contribution in [1.82, 2.24) is 58.6 Å². The zero-order valence-corrected chi connectivity index (χ0v) is 59.7. The summed E-state index contributed by atoms with van der Waals surface area (Å²) in [6, 6.07) is 132. The maximum absolute atomic E-state index is 5.58. The predicted octanol–water partition coefficient (Wildman–Crippen LogP) is 23.9. The number of rotatable bonds is 14. The van der Waals surface area contributed by atoms with Gasteiger partial charge in [-0.25, -0.2) is 44.9 Å². The number of hydrogen-bond donors (Lipinski definition) is 0. The summed E-state index contributed by atoms with van der Waals surface area (Å²) in [5.41, 5.74) is 20.3. The van der Waals surface area contributed by atoms with E-state index in [-0.39, 0.29) is 0 Å². The number of hydrogen-bond acceptors (Lipinski definition) is 9. The highest BCUT2D eigenvalue weighted by Crippen LogP contribution is 2.49. The number of nitrogens with zero attached hydrogens (tertiary/aromatic N) is 12. The Morgan fingerprint density at radius 3 is 0.658 bits per heavy atom. The molecule has 0 atom stereocenters. The standard InChI is InChI=1S/C99H62N12/c1-7-31-63(32-8-1)91-100-92(64-33-9-2-10-34-64)104-97(103-91)69-55-57-88-78(59-69)79-60-70(98-105-93(65-35-11-3-12-36-65)101-94(106-98)66-37-13-4-14-38-66)56-58-89(79)111(88)90-80(76-47-23-29-53-86(76)109-82-49-25-19-43-72(82)73-44-20-26-50-83(73)109)61-71(99-107-95(67-39-15-5-16-40-67)102-96(108-99)68-41-17-6-18-42-68)62-81(90)77-48-24-30-54-87(77)110-84-51-27-21-45-74(84)75-46-22-28-52-85(75)110/h1-62H. The molecule has 21 rings (SSSR count). The molecule has 21 aromatic rings. The van der Waals surface area contributed by atoms with Crippen molar-refractivity contribution in [2.24, 2.45) is 0 Å². The third-order valence-corrected chi connectivity index (χ3v) is 21.0. The second-order valence-electron chi connectivity index (χ2n) is 27.6. The Balaban J connectivity index is 0.923. The summed E-state index contributed by atoms with van der Waals surface area (Å²) in [5.74, 6) is 4.88. The summed E-state index contributed by atoms with van der Waals surface area (Å²) < 4.78 is 7.34. The van der Waals surface area contributed by atoms with Crippen molar-refractivity contribution in [3.8, 4) is 142 Å². The molecule has 0 amide bonds. The molecule has 0 aliphatic carbocycles. The van der Waals surface area contributed by atoms with Crippen molar-refractivity contribution in [3.05, 3.63) is 376 Å². The zero-order chi connectivity index (χ0) is 73.3. The van der Waals surface area contributed by atoms with Gasteiger partial charge in [-0.3, -0.25) is 0 Å². The Kier molecular flexibility index (Phi) is 15.6. The van der Waals surface area contributed by atoms with Gasteiger partial charge in [0, 0.05) is 105 Å². The Morgan fingerprint density at radius 1 is 0.144 bits per heavy atom. The summed E-state index contributed by atoms with van der Waals surface area (Å²) in [6.07, 6.45) is 0. The molecule has 518 valence electrons. The lowest BCUT2D eigenvalue weighted by Gasteiger charge is -2.24. The first-order chi connectivity index (χ1) is 55.0. The minimum Gasteiger partial charge on any atom is -0.309 e. The van der Waals surface area contributed by atoms with E-state index >= 15 is 0 Å². The second kappa shape index (κ2) is 26.9. The summed E-state index contributed by atoms with van der Waals surface area (Å²) in [6.45, 7) is 0. The van der Waals surface area contributed by atoms with E-state index in [1.807, 2.05) is 158 Å². The highest BCUT2D eigenvalue weighted by molar-refractivity contribution is 6.15. The molecular formula is C99H62N12. The van der Waals surface area contributed by atoms with Crippen LogP contribution in [0.2, 0.25) is 0 Å². The van der Waals surface area contributed by atoms with Crippen LogP contribution in [0.25, 0.3) is 207 Å². The van der Waals surface area contributed by atoms with E-state index in [0.717, 1.165) is 155 Å². The fourth-order valence-corrected chi connectivity index (χ4v) is 15.9. The molecule has 0 aliphatic rings. The molecule has 0 aliphatic heterocycles. The normalized spacial score (nSPS) is 11.6. The monoisotopic (exact) mass is 1420 g/mol. The number of benzene rings is 15. The SMILES string of the molecule is c1ccc(-c2nc(-c3ccccc3)nc(-c3cc(-c4ccccc4-n4c5ccccc5c5ccccc54)c(-n4c5ccc(-c6nc(-c7ccccc7)nc(-c7ccccc7)n6)cc5c5cc(-c6nc(-c7ccccc7)nc(-c7ccccc7)n6)ccc54)c(-c4ccccc4-n4c5ccccc5c5ccccc54)c3)n2)cc1. The third-order valence-electron chi connectivity index (χ3n) is 21.0. The van der Waals surface area contributed by atoms with Gasteiger partial charge in [-0.15, -0.1) is 0 Å². The van der Waals surface area contributed by atoms with Gasteiger partial charge in [0.05, 0.1) is 50.2 Å². The van der Waals surface area contributed by atoms with Gasteiger partial charge in [0.15, 0.2) is 52.4 Å². The smallest absolute Gasteiger partial charge is 0.164 e. The van der Waals surface area contributed by atoms with Gasteiger partial charge in [0.1, 0.15) is 0 Å². The summed E-state index contributed by atoms with van der Waals surface area (Å²) >= 11 is 0. The average molecular weight is 1420 g/mol. The van der Waals surface area contributed by atoms with Gasteiger partial charge in [-0.1, -0.05) is 291 Å². The van der Waals surface area contributed by atoms with Gasteiger partial charge in [-0.2, -0.15) is 0 Å². The molecular weight excluding hydrogens is 1360 g/mol. The van der Waals surface area contributed by atoms with Crippen LogP contribution < -0.4 is 0 Å².